The smallest absolute Gasteiger partial charge is 0.295 e. The van der Waals surface area contributed by atoms with Gasteiger partial charge < -0.3 is 24.2 Å². The summed E-state index contributed by atoms with van der Waals surface area (Å²) in [5, 5.41) is 11.7. The lowest BCUT2D eigenvalue weighted by Crippen LogP contribution is -2.37. The second-order valence-corrected chi connectivity index (χ2v) is 9.22. The number of rotatable bonds is 7. The normalized spacial score (nSPS) is 19.9. The lowest BCUT2D eigenvalue weighted by molar-refractivity contribution is -0.141. The Morgan fingerprint density at radius 2 is 1.69 bits per heavy atom. The molecule has 1 aliphatic heterocycles. The number of hydrogen-bond acceptors (Lipinski definition) is 6. The fourth-order valence-corrected chi connectivity index (χ4v) is 5.63. The maximum absolute atomic E-state index is 13.4. The van der Waals surface area contributed by atoms with Crippen molar-refractivity contribution in [1.82, 2.24) is 4.90 Å². The molecule has 2 aliphatic rings. The number of aliphatic hydroxyl groups is 1. The van der Waals surface area contributed by atoms with Gasteiger partial charge in [0.05, 0.1) is 43.0 Å². The Hall–Kier alpha value is -2.90. The third kappa shape index (κ3) is 4.43. The van der Waals surface area contributed by atoms with Crippen LogP contribution in [0.5, 0.6) is 17.2 Å². The number of aliphatic hydroxyl groups excluding tert-OH is 1. The topological polar surface area (TPSA) is 85.3 Å². The van der Waals surface area contributed by atoms with Crippen molar-refractivity contribution in [2.75, 3.05) is 20.8 Å². The quantitative estimate of drug-likeness (QED) is 0.283. The Balaban J connectivity index is 1.93. The maximum Gasteiger partial charge on any atom is 0.295 e. The molecule has 1 saturated carbocycles. The Morgan fingerprint density at radius 1 is 1.06 bits per heavy atom. The van der Waals surface area contributed by atoms with Crippen LogP contribution in [0.3, 0.4) is 0 Å². The van der Waals surface area contributed by atoms with Crippen molar-refractivity contribution in [3.63, 3.8) is 0 Å². The van der Waals surface area contributed by atoms with Crippen molar-refractivity contribution >= 4 is 40.7 Å². The molecule has 2 fully saturated rings. The molecule has 1 unspecified atom stereocenters. The van der Waals surface area contributed by atoms with Gasteiger partial charge in [-0.3, -0.25) is 9.59 Å². The molecule has 0 radical (unpaired) electrons. The molecule has 2 aromatic carbocycles. The van der Waals surface area contributed by atoms with Crippen molar-refractivity contribution in [1.29, 1.82) is 0 Å². The number of likely N-dealkylation sites (tertiary alicyclic amines) is 1. The summed E-state index contributed by atoms with van der Waals surface area (Å²) in [7, 11) is 2.79. The van der Waals surface area contributed by atoms with E-state index in [1.807, 2.05) is 19.1 Å². The number of methoxy groups -OCH3 is 2. The highest BCUT2D eigenvalue weighted by atomic mass is 35.5. The molecule has 9 heteroatoms. The monoisotopic (exact) mass is 519 g/mol. The summed E-state index contributed by atoms with van der Waals surface area (Å²) in [6.45, 7) is 2.40. The molecule has 1 atom stereocenters. The number of Topliss-reactive ketones (excluding diaryl/α,β-unsaturated/α-hetero) is 1. The van der Waals surface area contributed by atoms with E-state index in [4.69, 9.17) is 37.4 Å². The van der Waals surface area contributed by atoms with Crippen LogP contribution in [0.25, 0.3) is 5.76 Å². The molecule has 0 spiro atoms. The van der Waals surface area contributed by atoms with Crippen LogP contribution < -0.4 is 14.2 Å². The van der Waals surface area contributed by atoms with Gasteiger partial charge in [0.15, 0.2) is 11.5 Å². The van der Waals surface area contributed by atoms with Gasteiger partial charge in [-0.15, -0.1) is 0 Å². The van der Waals surface area contributed by atoms with E-state index in [2.05, 4.69) is 0 Å². The fraction of sp³-hybridized carbons (Fsp3) is 0.385. The minimum Gasteiger partial charge on any atom is -0.507 e. The number of carbonyl (C=O) groups is 2. The van der Waals surface area contributed by atoms with Crippen molar-refractivity contribution in [3.05, 3.63) is 57.1 Å². The molecule has 1 amide bonds. The molecular formula is C26H27Cl2NO6. The van der Waals surface area contributed by atoms with Gasteiger partial charge in [-0.1, -0.05) is 48.2 Å². The Morgan fingerprint density at radius 3 is 2.26 bits per heavy atom. The van der Waals surface area contributed by atoms with Crippen molar-refractivity contribution in [3.8, 4) is 17.2 Å². The highest BCUT2D eigenvalue weighted by Crippen LogP contribution is 2.48. The Bertz CT molecular complexity index is 1170. The average molecular weight is 520 g/mol. The summed E-state index contributed by atoms with van der Waals surface area (Å²) < 4.78 is 16.2. The summed E-state index contributed by atoms with van der Waals surface area (Å²) in [5.74, 6) is -0.880. The molecule has 7 nitrogen and oxygen atoms in total. The summed E-state index contributed by atoms with van der Waals surface area (Å²) >= 11 is 12.8. The molecule has 1 saturated heterocycles. The number of amides is 1. The van der Waals surface area contributed by atoms with Crippen LogP contribution in [0.2, 0.25) is 10.0 Å². The van der Waals surface area contributed by atoms with Gasteiger partial charge in [0.25, 0.3) is 11.7 Å². The predicted molar refractivity (Wildman–Crippen MR) is 134 cm³/mol. The van der Waals surface area contributed by atoms with Crippen LogP contribution in [0.1, 0.15) is 49.8 Å². The highest BCUT2D eigenvalue weighted by molar-refractivity contribution is 6.47. The molecule has 2 aromatic rings. The molecular weight excluding hydrogens is 493 g/mol. The number of benzene rings is 2. The zero-order valence-corrected chi connectivity index (χ0v) is 21.3. The van der Waals surface area contributed by atoms with E-state index < -0.39 is 23.5 Å². The highest BCUT2D eigenvalue weighted by Gasteiger charge is 2.49. The maximum atomic E-state index is 13.4. The first-order valence-electron chi connectivity index (χ1n) is 11.5. The summed E-state index contributed by atoms with van der Waals surface area (Å²) in [6.07, 6.45) is 3.54. The van der Waals surface area contributed by atoms with Crippen LogP contribution in [-0.4, -0.2) is 48.6 Å². The van der Waals surface area contributed by atoms with Gasteiger partial charge in [0, 0.05) is 6.04 Å². The van der Waals surface area contributed by atoms with Gasteiger partial charge in [-0.2, -0.15) is 0 Å². The van der Waals surface area contributed by atoms with E-state index in [0.717, 1.165) is 25.7 Å². The first-order chi connectivity index (χ1) is 16.8. The largest absolute Gasteiger partial charge is 0.507 e. The second kappa shape index (κ2) is 10.4. The van der Waals surface area contributed by atoms with Gasteiger partial charge in [0.1, 0.15) is 16.5 Å². The van der Waals surface area contributed by atoms with E-state index in [1.54, 1.807) is 17.0 Å². The third-order valence-electron chi connectivity index (χ3n) is 6.50. The standard InChI is InChI=1S/C26H27Cl2NO6/c1-4-35-16-11-9-14(10-12-16)21-19(23(31)26(32)29(21)15-7-5-6-8-15)22(30)17-13-18(27)25(34-3)20(28)24(17)33-2/h9-13,15,21,30H,4-8H2,1-3H3/b22-19+. The number of nitrogens with zero attached hydrogens (tertiary/aromatic N) is 1. The fourth-order valence-electron chi connectivity index (χ4n) is 4.94. The molecule has 4 rings (SSSR count). The van der Waals surface area contributed by atoms with Gasteiger partial charge >= 0.3 is 0 Å². The molecule has 1 heterocycles. The summed E-state index contributed by atoms with van der Waals surface area (Å²) in [4.78, 5) is 28.3. The van der Waals surface area contributed by atoms with E-state index in [-0.39, 0.29) is 38.7 Å². The van der Waals surface area contributed by atoms with E-state index in [9.17, 15) is 14.7 Å². The number of halogens is 2. The van der Waals surface area contributed by atoms with Crippen LogP contribution in [0.4, 0.5) is 0 Å². The van der Waals surface area contributed by atoms with Gasteiger partial charge in [0.2, 0.25) is 0 Å². The molecule has 1 aliphatic carbocycles. The third-order valence-corrected chi connectivity index (χ3v) is 7.12. The minimum absolute atomic E-state index is 0.0401. The van der Waals surface area contributed by atoms with E-state index >= 15 is 0 Å². The van der Waals surface area contributed by atoms with E-state index in [1.165, 1.54) is 20.3 Å². The lowest BCUT2D eigenvalue weighted by Gasteiger charge is -2.31. The molecule has 1 N–H and O–H groups in total. The zero-order valence-electron chi connectivity index (χ0n) is 19.8. The van der Waals surface area contributed by atoms with Gasteiger partial charge in [-0.25, -0.2) is 0 Å². The van der Waals surface area contributed by atoms with E-state index in [0.29, 0.717) is 17.9 Å². The summed E-state index contributed by atoms with van der Waals surface area (Å²) in [6, 6.07) is 7.73. The van der Waals surface area contributed by atoms with Crippen LogP contribution in [0.15, 0.2) is 35.9 Å². The number of carbonyl (C=O) groups excluding carboxylic acids is 2. The second-order valence-electron chi connectivity index (χ2n) is 8.43. The molecule has 186 valence electrons. The van der Waals surface area contributed by atoms with Crippen molar-refractivity contribution in [2.24, 2.45) is 0 Å². The van der Waals surface area contributed by atoms with Gasteiger partial charge in [-0.05, 0) is 43.5 Å². The summed E-state index contributed by atoms with van der Waals surface area (Å²) in [5.41, 5.74) is 0.746. The Kier molecular flexibility index (Phi) is 7.47. The first kappa shape index (κ1) is 25.2. The zero-order chi connectivity index (χ0) is 25.3. The lowest BCUT2D eigenvalue weighted by atomic mass is 9.94. The van der Waals surface area contributed by atoms with Crippen LogP contribution in [-0.2, 0) is 9.59 Å². The Labute approximate surface area is 214 Å². The predicted octanol–water partition coefficient (Wildman–Crippen LogP) is 5.77. The average Bonchev–Trinajstić information content (AvgIpc) is 3.46. The van der Waals surface area contributed by atoms with Crippen molar-refractivity contribution < 1.29 is 28.9 Å². The first-order valence-corrected chi connectivity index (χ1v) is 12.2. The molecule has 35 heavy (non-hydrogen) atoms. The SMILES string of the molecule is CCOc1ccc(C2/C(=C(\O)c3cc(Cl)c(OC)c(Cl)c3OC)C(=O)C(=O)N2C2CCCC2)cc1. The van der Waals surface area contributed by atoms with Crippen LogP contribution >= 0.6 is 23.2 Å². The minimum atomic E-state index is -0.780. The number of ether oxygens (including phenoxy) is 3. The van der Waals surface area contributed by atoms with Crippen molar-refractivity contribution in [2.45, 2.75) is 44.7 Å². The molecule has 0 bridgehead atoms. The molecule has 0 aromatic heterocycles. The number of ketones is 1. The number of hydrogen-bond donors (Lipinski definition) is 1. The van der Waals surface area contributed by atoms with Crippen LogP contribution in [0, 0.1) is 0 Å².